The third-order valence-corrected chi connectivity index (χ3v) is 4.60. The molecule has 0 radical (unpaired) electrons. The predicted octanol–water partition coefficient (Wildman–Crippen LogP) is 4.03. The minimum atomic E-state index is -0.825. The van der Waals surface area contributed by atoms with Crippen LogP contribution in [-0.4, -0.2) is 30.5 Å². The van der Waals surface area contributed by atoms with Crippen LogP contribution < -0.4 is 10.2 Å². The topological polar surface area (TPSA) is 102 Å². The molecule has 0 bridgehead atoms. The molecule has 0 aliphatic heterocycles. The highest BCUT2D eigenvalue weighted by Crippen LogP contribution is 2.24. The van der Waals surface area contributed by atoms with Gasteiger partial charge in [0.25, 0.3) is 11.6 Å². The summed E-state index contributed by atoms with van der Waals surface area (Å²) in [7, 11) is 1.58. The number of non-ortho nitro benzene ring substituents is 1. The molecule has 8 nitrogen and oxygen atoms in total. The van der Waals surface area contributed by atoms with Crippen LogP contribution in [0.2, 0.25) is 0 Å². The highest BCUT2D eigenvalue weighted by Gasteiger charge is 2.20. The van der Waals surface area contributed by atoms with Crippen LogP contribution in [0.4, 0.5) is 17.1 Å². The Morgan fingerprint density at radius 3 is 2.29 bits per heavy atom. The van der Waals surface area contributed by atoms with Gasteiger partial charge < -0.3 is 15.0 Å². The smallest absolute Gasteiger partial charge is 0.341 e. The van der Waals surface area contributed by atoms with E-state index in [0.717, 1.165) is 11.6 Å². The average molecular weight is 419 g/mol. The number of benzene rings is 3. The van der Waals surface area contributed by atoms with Crippen molar-refractivity contribution in [1.29, 1.82) is 0 Å². The Hall–Kier alpha value is -4.20. The molecule has 1 amide bonds. The maximum Gasteiger partial charge on any atom is 0.341 e. The number of esters is 1. The standard InChI is InChI=1S/C23H21N3O5/c1-25(18-10-6-3-7-11-18)22(27)16-31-23(28)20-14-19(26(29)30)12-13-21(20)24-15-17-8-4-2-5-9-17/h2-14,24H,15-16H2,1H3. The summed E-state index contributed by atoms with van der Waals surface area (Å²) in [5.74, 6) is -1.25. The van der Waals surface area contributed by atoms with Gasteiger partial charge >= 0.3 is 5.97 Å². The molecule has 158 valence electrons. The molecule has 0 aliphatic rings. The number of nitrogens with one attached hydrogen (secondary N) is 1. The Kier molecular flexibility index (Phi) is 6.95. The van der Waals surface area contributed by atoms with Gasteiger partial charge in [0.2, 0.25) is 0 Å². The quantitative estimate of drug-likeness (QED) is 0.336. The summed E-state index contributed by atoms with van der Waals surface area (Å²) < 4.78 is 5.17. The summed E-state index contributed by atoms with van der Waals surface area (Å²) in [6.45, 7) is -0.0837. The van der Waals surface area contributed by atoms with E-state index in [0.29, 0.717) is 17.9 Å². The second kappa shape index (κ2) is 10.0. The lowest BCUT2D eigenvalue weighted by atomic mass is 10.1. The Labute approximate surface area is 179 Å². The number of rotatable bonds is 8. The minimum absolute atomic E-state index is 0.0136. The molecule has 8 heteroatoms. The Morgan fingerprint density at radius 2 is 1.65 bits per heavy atom. The SMILES string of the molecule is CN(C(=O)COC(=O)c1cc([N+](=O)[O-])ccc1NCc1ccccc1)c1ccccc1. The molecule has 0 unspecified atom stereocenters. The van der Waals surface area contributed by atoms with E-state index in [2.05, 4.69) is 5.32 Å². The van der Waals surface area contributed by atoms with E-state index in [9.17, 15) is 19.7 Å². The minimum Gasteiger partial charge on any atom is -0.452 e. The van der Waals surface area contributed by atoms with E-state index >= 15 is 0 Å². The summed E-state index contributed by atoms with van der Waals surface area (Å²) in [4.78, 5) is 37.0. The fourth-order valence-corrected chi connectivity index (χ4v) is 2.86. The number of amides is 1. The first-order chi connectivity index (χ1) is 15.0. The van der Waals surface area contributed by atoms with E-state index in [1.165, 1.54) is 17.0 Å². The van der Waals surface area contributed by atoms with Crippen molar-refractivity contribution in [2.45, 2.75) is 6.54 Å². The van der Waals surface area contributed by atoms with E-state index in [1.807, 2.05) is 36.4 Å². The van der Waals surface area contributed by atoms with Crippen molar-refractivity contribution in [2.75, 3.05) is 23.9 Å². The van der Waals surface area contributed by atoms with Crippen molar-refractivity contribution in [2.24, 2.45) is 0 Å². The van der Waals surface area contributed by atoms with E-state index in [1.54, 1.807) is 31.3 Å². The molecule has 0 aromatic heterocycles. The Balaban J connectivity index is 1.72. The predicted molar refractivity (Wildman–Crippen MR) is 117 cm³/mol. The summed E-state index contributed by atoms with van der Waals surface area (Å²) in [5.41, 5.74) is 1.75. The summed E-state index contributed by atoms with van der Waals surface area (Å²) in [5, 5.41) is 14.2. The molecule has 3 aromatic rings. The summed E-state index contributed by atoms with van der Waals surface area (Å²) in [6.07, 6.45) is 0. The van der Waals surface area contributed by atoms with Gasteiger partial charge in [-0.2, -0.15) is 0 Å². The molecule has 0 spiro atoms. The number of nitro benzene ring substituents is 1. The Bertz CT molecular complexity index is 1070. The van der Waals surface area contributed by atoms with Gasteiger partial charge in [0.15, 0.2) is 6.61 Å². The first kappa shape index (κ1) is 21.5. The molecule has 0 fully saturated rings. The average Bonchev–Trinajstić information content (AvgIpc) is 2.81. The molecule has 3 rings (SSSR count). The number of likely N-dealkylation sites (N-methyl/N-ethyl adjacent to an activating group) is 1. The molecule has 1 N–H and O–H groups in total. The van der Waals surface area contributed by atoms with Gasteiger partial charge in [-0.25, -0.2) is 4.79 Å². The molecule has 0 heterocycles. The van der Waals surface area contributed by atoms with Crippen LogP contribution in [0.3, 0.4) is 0 Å². The number of para-hydroxylation sites is 1. The van der Waals surface area contributed by atoms with Crippen LogP contribution in [0.25, 0.3) is 0 Å². The van der Waals surface area contributed by atoms with Crippen LogP contribution >= 0.6 is 0 Å². The molecule has 0 aliphatic carbocycles. The van der Waals surface area contributed by atoms with Gasteiger partial charge in [-0.3, -0.25) is 14.9 Å². The number of hydrogen-bond acceptors (Lipinski definition) is 6. The number of anilines is 2. The molecule has 3 aromatic carbocycles. The fraction of sp³-hybridized carbons (Fsp3) is 0.130. The molecule has 31 heavy (non-hydrogen) atoms. The largest absolute Gasteiger partial charge is 0.452 e. The van der Waals surface area contributed by atoms with Crippen LogP contribution in [0, 0.1) is 10.1 Å². The van der Waals surface area contributed by atoms with Crippen molar-refractivity contribution in [1.82, 2.24) is 0 Å². The summed E-state index contributed by atoms with van der Waals surface area (Å²) >= 11 is 0. The van der Waals surface area contributed by atoms with Crippen LogP contribution in [0.5, 0.6) is 0 Å². The third-order valence-electron chi connectivity index (χ3n) is 4.60. The van der Waals surface area contributed by atoms with Crippen molar-refractivity contribution in [3.8, 4) is 0 Å². The highest BCUT2D eigenvalue weighted by atomic mass is 16.6. The fourth-order valence-electron chi connectivity index (χ4n) is 2.86. The third kappa shape index (κ3) is 5.66. The van der Waals surface area contributed by atoms with Crippen molar-refractivity contribution >= 4 is 28.9 Å². The monoisotopic (exact) mass is 419 g/mol. The van der Waals surface area contributed by atoms with Gasteiger partial charge in [0.05, 0.1) is 10.5 Å². The lowest BCUT2D eigenvalue weighted by Gasteiger charge is -2.17. The van der Waals surface area contributed by atoms with Crippen LogP contribution in [0.15, 0.2) is 78.9 Å². The number of nitro groups is 1. The van der Waals surface area contributed by atoms with Gasteiger partial charge in [0.1, 0.15) is 0 Å². The number of hydrogen-bond donors (Lipinski definition) is 1. The van der Waals surface area contributed by atoms with E-state index in [-0.39, 0.29) is 11.3 Å². The maximum atomic E-state index is 12.7. The van der Waals surface area contributed by atoms with Crippen molar-refractivity contribution in [3.63, 3.8) is 0 Å². The molecular weight excluding hydrogens is 398 g/mol. The second-order valence-electron chi connectivity index (χ2n) is 6.69. The van der Waals surface area contributed by atoms with E-state index in [4.69, 9.17) is 4.74 Å². The maximum absolute atomic E-state index is 12.7. The lowest BCUT2D eigenvalue weighted by Crippen LogP contribution is -2.31. The van der Waals surface area contributed by atoms with Crippen molar-refractivity contribution < 1.29 is 19.2 Å². The Morgan fingerprint density at radius 1 is 1.00 bits per heavy atom. The first-order valence-electron chi connectivity index (χ1n) is 9.50. The first-order valence-corrected chi connectivity index (χ1v) is 9.50. The van der Waals surface area contributed by atoms with Gasteiger partial charge in [-0.1, -0.05) is 48.5 Å². The number of carbonyl (C=O) groups is 2. The second-order valence-corrected chi connectivity index (χ2v) is 6.69. The number of carbonyl (C=O) groups excluding carboxylic acids is 2. The zero-order valence-electron chi connectivity index (χ0n) is 16.9. The van der Waals surface area contributed by atoms with Crippen LogP contribution in [0.1, 0.15) is 15.9 Å². The molecule has 0 atom stereocenters. The van der Waals surface area contributed by atoms with Crippen LogP contribution in [-0.2, 0) is 16.1 Å². The van der Waals surface area contributed by atoms with E-state index < -0.39 is 23.4 Å². The van der Waals surface area contributed by atoms with Crippen molar-refractivity contribution in [3.05, 3.63) is 100 Å². The highest BCUT2D eigenvalue weighted by molar-refractivity contribution is 5.99. The van der Waals surface area contributed by atoms with Gasteiger partial charge in [-0.05, 0) is 23.8 Å². The normalized spacial score (nSPS) is 10.2. The molecular formula is C23H21N3O5. The zero-order valence-corrected chi connectivity index (χ0v) is 16.9. The molecule has 0 saturated heterocycles. The number of nitrogens with zero attached hydrogens (tertiary/aromatic N) is 2. The zero-order chi connectivity index (χ0) is 22.2. The van der Waals surface area contributed by atoms with Gasteiger partial charge in [0, 0.05) is 37.1 Å². The number of ether oxygens (including phenoxy) is 1. The lowest BCUT2D eigenvalue weighted by molar-refractivity contribution is -0.384. The molecule has 0 saturated carbocycles. The summed E-state index contributed by atoms with van der Waals surface area (Å²) in [6, 6.07) is 22.3. The van der Waals surface area contributed by atoms with Gasteiger partial charge in [-0.15, -0.1) is 0 Å².